The first-order valence-electron chi connectivity index (χ1n) is 6.98. The van der Waals surface area contributed by atoms with Crippen molar-refractivity contribution < 1.29 is 9.84 Å². The van der Waals surface area contributed by atoms with Crippen molar-refractivity contribution >= 4 is 0 Å². The van der Waals surface area contributed by atoms with Crippen molar-refractivity contribution in [3.63, 3.8) is 0 Å². The van der Waals surface area contributed by atoms with Gasteiger partial charge >= 0.3 is 0 Å². The Morgan fingerprint density at radius 2 is 1.94 bits per heavy atom. The lowest BCUT2D eigenvalue weighted by Gasteiger charge is -2.38. The second-order valence-electron chi connectivity index (χ2n) is 5.50. The number of aliphatic hydroxyl groups excluding tert-OH is 1. The SMILES string of the molecule is COc1ccc(C2(CCO)CCCCC2)cc1C. The molecule has 0 heterocycles. The van der Waals surface area contributed by atoms with Crippen LogP contribution < -0.4 is 4.74 Å². The van der Waals surface area contributed by atoms with E-state index in [0.717, 1.165) is 12.2 Å². The average Bonchev–Trinajstić information content (AvgIpc) is 2.40. The van der Waals surface area contributed by atoms with Gasteiger partial charge in [0.2, 0.25) is 0 Å². The molecule has 0 aliphatic heterocycles. The number of aryl methyl sites for hydroxylation is 1. The fraction of sp³-hybridized carbons (Fsp3) is 0.625. The maximum Gasteiger partial charge on any atom is 0.121 e. The number of aliphatic hydroxyl groups is 1. The van der Waals surface area contributed by atoms with E-state index in [1.54, 1.807) is 7.11 Å². The maximum absolute atomic E-state index is 9.39. The molecule has 1 aliphatic carbocycles. The minimum atomic E-state index is 0.198. The zero-order chi connectivity index (χ0) is 13.0. The lowest BCUT2D eigenvalue weighted by molar-refractivity contribution is 0.197. The molecule has 1 N–H and O–H groups in total. The molecule has 100 valence electrons. The highest BCUT2D eigenvalue weighted by atomic mass is 16.5. The molecule has 0 aromatic heterocycles. The Morgan fingerprint density at radius 3 is 2.50 bits per heavy atom. The molecule has 0 bridgehead atoms. The smallest absolute Gasteiger partial charge is 0.121 e. The summed E-state index contributed by atoms with van der Waals surface area (Å²) in [5, 5.41) is 9.39. The van der Waals surface area contributed by atoms with Crippen LogP contribution in [0.5, 0.6) is 5.75 Å². The van der Waals surface area contributed by atoms with E-state index in [9.17, 15) is 5.11 Å². The van der Waals surface area contributed by atoms with E-state index in [1.165, 1.54) is 43.2 Å². The van der Waals surface area contributed by atoms with Crippen molar-refractivity contribution in [3.05, 3.63) is 29.3 Å². The molecule has 0 atom stereocenters. The van der Waals surface area contributed by atoms with Crippen LogP contribution in [-0.2, 0) is 5.41 Å². The molecule has 0 saturated heterocycles. The van der Waals surface area contributed by atoms with E-state index in [2.05, 4.69) is 25.1 Å². The van der Waals surface area contributed by atoms with Crippen molar-refractivity contribution in [1.82, 2.24) is 0 Å². The van der Waals surface area contributed by atoms with Crippen LogP contribution >= 0.6 is 0 Å². The summed E-state index contributed by atoms with van der Waals surface area (Å²) in [5.74, 6) is 0.953. The van der Waals surface area contributed by atoms with Crippen molar-refractivity contribution in [2.45, 2.75) is 50.9 Å². The fourth-order valence-corrected chi connectivity index (χ4v) is 3.33. The third kappa shape index (κ3) is 2.54. The van der Waals surface area contributed by atoms with Crippen LogP contribution in [0, 0.1) is 6.92 Å². The first kappa shape index (κ1) is 13.4. The Labute approximate surface area is 110 Å². The summed E-state index contributed by atoms with van der Waals surface area (Å²) >= 11 is 0. The summed E-state index contributed by atoms with van der Waals surface area (Å²) in [7, 11) is 1.71. The molecule has 2 nitrogen and oxygen atoms in total. The van der Waals surface area contributed by atoms with Crippen LogP contribution in [0.25, 0.3) is 0 Å². The van der Waals surface area contributed by atoms with Crippen molar-refractivity contribution in [3.8, 4) is 5.75 Å². The predicted octanol–water partition coefficient (Wildman–Crippen LogP) is 3.59. The van der Waals surface area contributed by atoms with Crippen molar-refractivity contribution in [2.24, 2.45) is 0 Å². The molecule has 0 amide bonds. The second-order valence-corrected chi connectivity index (χ2v) is 5.50. The van der Waals surface area contributed by atoms with Crippen LogP contribution in [0.4, 0.5) is 0 Å². The number of benzene rings is 1. The summed E-state index contributed by atoms with van der Waals surface area (Å²) in [5.41, 5.74) is 2.77. The number of methoxy groups -OCH3 is 1. The van der Waals surface area contributed by atoms with Crippen molar-refractivity contribution in [1.29, 1.82) is 0 Å². The monoisotopic (exact) mass is 248 g/mol. The van der Waals surface area contributed by atoms with Crippen LogP contribution in [0.2, 0.25) is 0 Å². The minimum absolute atomic E-state index is 0.198. The molecule has 0 spiro atoms. The molecule has 0 radical (unpaired) electrons. The predicted molar refractivity (Wildman–Crippen MR) is 74.2 cm³/mol. The van der Waals surface area contributed by atoms with E-state index in [4.69, 9.17) is 4.74 Å². The fourth-order valence-electron chi connectivity index (χ4n) is 3.33. The Morgan fingerprint density at radius 1 is 1.22 bits per heavy atom. The number of hydrogen-bond acceptors (Lipinski definition) is 2. The molecule has 1 aliphatic rings. The average molecular weight is 248 g/mol. The highest BCUT2D eigenvalue weighted by molar-refractivity contribution is 5.39. The first-order valence-corrected chi connectivity index (χ1v) is 6.98. The Hall–Kier alpha value is -1.02. The van der Waals surface area contributed by atoms with Crippen LogP contribution in [0.3, 0.4) is 0 Å². The highest BCUT2D eigenvalue weighted by Crippen LogP contribution is 2.43. The standard InChI is InChI=1S/C16H24O2/c1-13-12-14(6-7-15(13)18-2)16(10-11-17)8-4-3-5-9-16/h6-7,12,17H,3-5,8-11H2,1-2H3. The van der Waals surface area contributed by atoms with Gasteiger partial charge < -0.3 is 9.84 Å². The minimum Gasteiger partial charge on any atom is -0.496 e. The van der Waals surface area contributed by atoms with Gasteiger partial charge in [0.25, 0.3) is 0 Å². The Balaban J connectivity index is 2.33. The van der Waals surface area contributed by atoms with Gasteiger partial charge in [0.1, 0.15) is 5.75 Å². The molecule has 1 aromatic rings. The van der Waals surface area contributed by atoms with E-state index in [-0.39, 0.29) is 12.0 Å². The van der Waals surface area contributed by atoms with Crippen LogP contribution in [0.1, 0.15) is 49.7 Å². The third-order valence-electron chi connectivity index (χ3n) is 4.41. The second kappa shape index (κ2) is 5.75. The topological polar surface area (TPSA) is 29.5 Å². The van der Waals surface area contributed by atoms with E-state index in [1.807, 2.05) is 0 Å². The van der Waals surface area contributed by atoms with Gasteiger partial charge in [-0.3, -0.25) is 0 Å². The number of hydrogen-bond donors (Lipinski definition) is 1. The molecule has 1 aromatic carbocycles. The van der Waals surface area contributed by atoms with E-state index < -0.39 is 0 Å². The number of ether oxygens (including phenoxy) is 1. The van der Waals surface area contributed by atoms with Gasteiger partial charge in [-0.15, -0.1) is 0 Å². The molecule has 1 saturated carbocycles. The molecule has 1 fully saturated rings. The zero-order valence-electron chi connectivity index (χ0n) is 11.5. The lowest BCUT2D eigenvalue weighted by Crippen LogP contribution is -2.30. The number of rotatable bonds is 4. The summed E-state index contributed by atoms with van der Waals surface area (Å²) in [4.78, 5) is 0. The van der Waals surface area contributed by atoms with E-state index in [0.29, 0.717) is 0 Å². The molecular weight excluding hydrogens is 224 g/mol. The normalized spacial score (nSPS) is 18.6. The highest BCUT2D eigenvalue weighted by Gasteiger charge is 2.33. The largest absolute Gasteiger partial charge is 0.496 e. The van der Waals surface area contributed by atoms with Gasteiger partial charge in [-0.2, -0.15) is 0 Å². The lowest BCUT2D eigenvalue weighted by atomic mass is 9.67. The van der Waals surface area contributed by atoms with Gasteiger partial charge in [-0.1, -0.05) is 31.4 Å². The maximum atomic E-state index is 9.39. The summed E-state index contributed by atoms with van der Waals surface area (Å²) in [6, 6.07) is 6.50. The van der Waals surface area contributed by atoms with Gasteiger partial charge in [0.15, 0.2) is 0 Å². The van der Waals surface area contributed by atoms with Gasteiger partial charge in [0.05, 0.1) is 7.11 Å². The molecule has 18 heavy (non-hydrogen) atoms. The van der Waals surface area contributed by atoms with Gasteiger partial charge in [-0.25, -0.2) is 0 Å². The third-order valence-corrected chi connectivity index (χ3v) is 4.41. The summed E-state index contributed by atoms with van der Waals surface area (Å²) in [6.07, 6.45) is 7.20. The Bertz CT molecular complexity index is 387. The summed E-state index contributed by atoms with van der Waals surface area (Å²) in [6.45, 7) is 2.38. The van der Waals surface area contributed by atoms with Gasteiger partial charge in [0, 0.05) is 6.61 Å². The molecule has 0 unspecified atom stereocenters. The van der Waals surface area contributed by atoms with Crippen LogP contribution in [0.15, 0.2) is 18.2 Å². The molecule has 2 heteroatoms. The van der Waals surface area contributed by atoms with Gasteiger partial charge in [-0.05, 0) is 48.8 Å². The Kier molecular flexibility index (Phi) is 4.28. The molecular formula is C16H24O2. The molecule has 2 rings (SSSR count). The van der Waals surface area contributed by atoms with Crippen molar-refractivity contribution in [2.75, 3.05) is 13.7 Å². The zero-order valence-corrected chi connectivity index (χ0v) is 11.5. The van der Waals surface area contributed by atoms with Crippen LogP contribution in [-0.4, -0.2) is 18.8 Å². The first-order chi connectivity index (χ1) is 8.72. The quantitative estimate of drug-likeness (QED) is 0.882. The summed E-state index contributed by atoms with van der Waals surface area (Å²) < 4.78 is 5.33. The van der Waals surface area contributed by atoms with E-state index >= 15 is 0 Å².